The lowest BCUT2D eigenvalue weighted by atomic mass is 10.0. The van der Waals surface area contributed by atoms with Crippen LogP contribution < -0.4 is 10.1 Å². The number of amides is 1. The van der Waals surface area contributed by atoms with Crippen molar-refractivity contribution >= 4 is 11.6 Å². The van der Waals surface area contributed by atoms with Crippen LogP contribution in [0.1, 0.15) is 25.5 Å². The number of anilines is 1. The molecule has 0 aliphatic rings. The van der Waals surface area contributed by atoms with E-state index >= 15 is 0 Å². The fraction of sp³-hybridized carbons (Fsp3) is 0.227. The Morgan fingerprint density at radius 1 is 0.962 bits per heavy atom. The van der Waals surface area contributed by atoms with Gasteiger partial charge in [-0.2, -0.15) is 0 Å². The molecule has 0 radical (unpaired) electrons. The van der Waals surface area contributed by atoms with Crippen molar-refractivity contribution in [1.82, 2.24) is 4.57 Å². The Balaban J connectivity index is 1.73. The minimum absolute atomic E-state index is 0.0393. The van der Waals surface area contributed by atoms with Crippen LogP contribution in [-0.4, -0.2) is 16.6 Å². The van der Waals surface area contributed by atoms with E-state index in [1.54, 1.807) is 0 Å². The number of hydrogen-bond donors (Lipinski definition) is 1. The van der Waals surface area contributed by atoms with E-state index in [-0.39, 0.29) is 18.1 Å². The number of benzene rings is 2. The number of nitrogens with one attached hydrogen (secondary N) is 1. The van der Waals surface area contributed by atoms with Gasteiger partial charge in [-0.3, -0.25) is 4.79 Å². The molecule has 1 aromatic heterocycles. The molecule has 1 N–H and O–H groups in total. The van der Waals surface area contributed by atoms with Crippen molar-refractivity contribution in [2.75, 3.05) is 5.32 Å². The third-order valence-electron chi connectivity index (χ3n) is 4.06. The molecule has 4 nitrogen and oxygen atoms in total. The second-order valence-corrected chi connectivity index (χ2v) is 6.52. The van der Waals surface area contributed by atoms with Crippen LogP contribution in [0, 0.1) is 0 Å². The molecular weight excluding hydrogens is 324 g/mol. The summed E-state index contributed by atoms with van der Waals surface area (Å²) in [7, 11) is 0. The zero-order valence-electron chi connectivity index (χ0n) is 15.1. The molecule has 0 spiro atoms. The van der Waals surface area contributed by atoms with Crippen molar-refractivity contribution in [3.8, 4) is 5.75 Å². The molecule has 0 saturated heterocycles. The van der Waals surface area contributed by atoms with Gasteiger partial charge in [0.05, 0.1) is 6.10 Å². The summed E-state index contributed by atoms with van der Waals surface area (Å²) in [5, 5.41) is 3.02. The summed E-state index contributed by atoms with van der Waals surface area (Å²) in [5.41, 5.74) is 1.89. The lowest BCUT2D eigenvalue weighted by Gasteiger charge is -2.19. The predicted octanol–water partition coefficient (Wildman–Crippen LogP) is 4.70. The smallest absolute Gasteiger partial charge is 0.247 e. The van der Waals surface area contributed by atoms with Crippen LogP contribution in [0.15, 0.2) is 79.1 Å². The van der Waals surface area contributed by atoms with Crippen LogP contribution >= 0.6 is 0 Å². The molecule has 0 saturated carbocycles. The maximum absolute atomic E-state index is 12.9. The molecule has 1 atom stereocenters. The van der Waals surface area contributed by atoms with Gasteiger partial charge >= 0.3 is 0 Å². The Kier molecular flexibility index (Phi) is 5.74. The molecule has 0 aliphatic heterocycles. The summed E-state index contributed by atoms with van der Waals surface area (Å²) in [6.45, 7) is 3.97. The van der Waals surface area contributed by atoms with Crippen molar-refractivity contribution in [2.24, 2.45) is 0 Å². The summed E-state index contributed by atoms with van der Waals surface area (Å²) >= 11 is 0. The van der Waals surface area contributed by atoms with Crippen LogP contribution in [0.3, 0.4) is 0 Å². The van der Waals surface area contributed by atoms with Crippen LogP contribution in [0.5, 0.6) is 5.75 Å². The first-order valence-electron chi connectivity index (χ1n) is 8.86. The minimum atomic E-state index is -0.306. The third-order valence-corrected chi connectivity index (χ3v) is 4.06. The number of nitrogens with zero attached hydrogens (tertiary/aromatic N) is 1. The van der Waals surface area contributed by atoms with Gasteiger partial charge < -0.3 is 14.6 Å². The van der Waals surface area contributed by atoms with Crippen molar-refractivity contribution in [3.63, 3.8) is 0 Å². The average Bonchev–Trinajstić information content (AvgIpc) is 3.16. The molecule has 3 aromatic rings. The first-order chi connectivity index (χ1) is 12.6. The highest BCUT2D eigenvalue weighted by molar-refractivity contribution is 5.94. The van der Waals surface area contributed by atoms with Crippen molar-refractivity contribution in [2.45, 2.75) is 32.4 Å². The Labute approximate surface area is 154 Å². The quantitative estimate of drug-likeness (QED) is 0.673. The van der Waals surface area contributed by atoms with E-state index in [4.69, 9.17) is 4.74 Å². The number of carbonyl (C=O) groups is 1. The molecular formula is C22H24N2O2. The van der Waals surface area contributed by atoms with Gasteiger partial charge in [0, 0.05) is 24.5 Å². The van der Waals surface area contributed by atoms with Crippen molar-refractivity contribution in [1.29, 1.82) is 0 Å². The summed E-state index contributed by atoms with van der Waals surface area (Å²) in [4.78, 5) is 12.9. The van der Waals surface area contributed by atoms with Gasteiger partial charge in [0.15, 0.2) is 0 Å². The topological polar surface area (TPSA) is 43.3 Å². The molecule has 0 aliphatic carbocycles. The summed E-state index contributed by atoms with van der Waals surface area (Å²) in [6, 6.07) is 21.1. The second kappa shape index (κ2) is 8.39. The van der Waals surface area contributed by atoms with E-state index in [0.717, 1.165) is 17.0 Å². The Hall–Kier alpha value is -3.01. The van der Waals surface area contributed by atoms with Crippen LogP contribution in [0.25, 0.3) is 0 Å². The second-order valence-electron chi connectivity index (χ2n) is 6.52. The highest BCUT2D eigenvalue weighted by atomic mass is 16.5. The van der Waals surface area contributed by atoms with Crippen molar-refractivity contribution < 1.29 is 9.53 Å². The van der Waals surface area contributed by atoms with Gasteiger partial charge in [0.25, 0.3) is 0 Å². The fourth-order valence-electron chi connectivity index (χ4n) is 2.84. The average molecular weight is 348 g/mol. The summed E-state index contributed by atoms with van der Waals surface area (Å²) in [5.74, 6) is 0.756. The molecule has 134 valence electrons. The van der Waals surface area contributed by atoms with Gasteiger partial charge in [0.2, 0.25) is 5.91 Å². The van der Waals surface area contributed by atoms with E-state index in [0.29, 0.717) is 6.42 Å². The maximum atomic E-state index is 12.9. The molecule has 2 aromatic carbocycles. The predicted molar refractivity (Wildman–Crippen MR) is 104 cm³/mol. The Morgan fingerprint density at radius 2 is 1.62 bits per heavy atom. The lowest BCUT2D eigenvalue weighted by Crippen LogP contribution is -2.27. The van der Waals surface area contributed by atoms with E-state index in [2.05, 4.69) is 5.32 Å². The SMILES string of the molecule is CC(C)Oc1ccc(NC(=O)[C@@H](Cc2ccccc2)n2cccc2)cc1. The standard InChI is InChI=1S/C22H24N2O2/c1-17(2)26-20-12-10-19(11-13-20)23-22(25)21(24-14-6-7-15-24)16-18-8-4-3-5-9-18/h3-15,17,21H,16H2,1-2H3,(H,23,25)/t21-/m1/s1. The van der Waals surface area contributed by atoms with Gasteiger partial charge in [-0.25, -0.2) is 0 Å². The highest BCUT2D eigenvalue weighted by Crippen LogP contribution is 2.20. The first-order valence-corrected chi connectivity index (χ1v) is 8.86. The molecule has 4 heteroatoms. The molecule has 1 amide bonds. The van der Waals surface area contributed by atoms with Gasteiger partial charge in [-0.05, 0) is 55.8 Å². The molecule has 0 bridgehead atoms. The molecule has 0 unspecified atom stereocenters. The first kappa shape index (κ1) is 17.8. The zero-order valence-corrected chi connectivity index (χ0v) is 15.1. The third kappa shape index (κ3) is 4.76. The van der Waals surface area contributed by atoms with Crippen LogP contribution in [0.4, 0.5) is 5.69 Å². The van der Waals surface area contributed by atoms with E-state index in [9.17, 15) is 4.79 Å². The highest BCUT2D eigenvalue weighted by Gasteiger charge is 2.20. The van der Waals surface area contributed by atoms with Crippen molar-refractivity contribution in [3.05, 3.63) is 84.7 Å². The Bertz CT molecular complexity index is 809. The van der Waals surface area contributed by atoms with E-state index < -0.39 is 0 Å². The summed E-state index contributed by atoms with van der Waals surface area (Å²) < 4.78 is 7.59. The monoisotopic (exact) mass is 348 g/mol. The van der Waals surface area contributed by atoms with Gasteiger partial charge in [-0.15, -0.1) is 0 Å². The molecule has 3 rings (SSSR count). The molecule has 1 heterocycles. The van der Waals surface area contributed by atoms with E-state index in [1.807, 2.05) is 97.5 Å². The minimum Gasteiger partial charge on any atom is -0.491 e. The Morgan fingerprint density at radius 3 is 2.23 bits per heavy atom. The normalized spacial score (nSPS) is 12.0. The fourth-order valence-corrected chi connectivity index (χ4v) is 2.84. The summed E-state index contributed by atoms with van der Waals surface area (Å²) in [6.07, 6.45) is 4.61. The lowest BCUT2D eigenvalue weighted by molar-refractivity contribution is -0.119. The number of ether oxygens (including phenoxy) is 1. The van der Waals surface area contributed by atoms with Crippen LogP contribution in [-0.2, 0) is 11.2 Å². The number of carbonyl (C=O) groups excluding carboxylic acids is 1. The van der Waals surface area contributed by atoms with E-state index in [1.165, 1.54) is 0 Å². The molecule has 26 heavy (non-hydrogen) atoms. The van der Waals surface area contributed by atoms with Gasteiger partial charge in [0.1, 0.15) is 11.8 Å². The van der Waals surface area contributed by atoms with Gasteiger partial charge in [-0.1, -0.05) is 30.3 Å². The number of aromatic nitrogens is 1. The number of hydrogen-bond acceptors (Lipinski definition) is 2. The number of rotatable bonds is 7. The molecule has 0 fully saturated rings. The van der Waals surface area contributed by atoms with Crippen LogP contribution in [0.2, 0.25) is 0 Å². The zero-order chi connectivity index (χ0) is 18.4. The maximum Gasteiger partial charge on any atom is 0.247 e. The largest absolute Gasteiger partial charge is 0.491 e.